The molecular formula is C22H20N4O4. The summed E-state index contributed by atoms with van der Waals surface area (Å²) in [7, 11) is 0. The van der Waals surface area contributed by atoms with Crippen LogP contribution in [0.5, 0.6) is 5.75 Å². The first kappa shape index (κ1) is 19.4. The van der Waals surface area contributed by atoms with Gasteiger partial charge in [0.25, 0.3) is 5.91 Å². The van der Waals surface area contributed by atoms with Gasteiger partial charge in [-0.05, 0) is 48.9 Å². The smallest absolute Gasteiger partial charge is 0.277 e. The number of aromatic nitrogens is 3. The number of rotatable bonds is 7. The quantitative estimate of drug-likeness (QED) is 0.490. The summed E-state index contributed by atoms with van der Waals surface area (Å²) in [6.07, 6.45) is 0.532. The summed E-state index contributed by atoms with van der Waals surface area (Å²) in [6.45, 7) is 4.28. The summed E-state index contributed by atoms with van der Waals surface area (Å²) in [4.78, 5) is 12.5. The molecule has 2 aromatic heterocycles. The van der Waals surface area contributed by atoms with Gasteiger partial charge in [0.05, 0.1) is 13.0 Å². The Hall–Kier alpha value is -3.94. The van der Waals surface area contributed by atoms with Gasteiger partial charge in [-0.2, -0.15) is 0 Å². The molecule has 4 rings (SSSR count). The molecule has 0 spiro atoms. The third-order valence-corrected chi connectivity index (χ3v) is 4.33. The number of hydrogen-bond acceptors (Lipinski definition) is 7. The fourth-order valence-corrected chi connectivity index (χ4v) is 2.88. The molecule has 0 fully saturated rings. The molecule has 8 heteroatoms. The number of nitrogens with zero attached hydrogens (tertiary/aromatic N) is 3. The lowest BCUT2D eigenvalue weighted by Gasteiger charge is -2.04. The Morgan fingerprint density at radius 3 is 2.50 bits per heavy atom. The Balaban J connectivity index is 1.39. The Bertz CT molecular complexity index is 1130. The maximum atomic E-state index is 12.5. The SMILES string of the molecule is CCOc1ccc(-c2cc(C(=O)Nc3ccc(Cc4nnc(C)o4)cc3)no2)cc1. The van der Waals surface area contributed by atoms with Gasteiger partial charge in [-0.25, -0.2) is 0 Å². The third-order valence-electron chi connectivity index (χ3n) is 4.33. The number of nitrogens with one attached hydrogen (secondary N) is 1. The van der Waals surface area contributed by atoms with Crippen LogP contribution in [0.15, 0.2) is 63.5 Å². The van der Waals surface area contributed by atoms with E-state index >= 15 is 0 Å². The second kappa shape index (κ2) is 8.60. The molecule has 0 aliphatic rings. The van der Waals surface area contributed by atoms with E-state index in [0.29, 0.717) is 36.3 Å². The van der Waals surface area contributed by atoms with Crippen molar-refractivity contribution in [1.29, 1.82) is 0 Å². The Labute approximate surface area is 172 Å². The van der Waals surface area contributed by atoms with Gasteiger partial charge in [0.2, 0.25) is 11.8 Å². The minimum Gasteiger partial charge on any atom is -0.494 e. The zero-order valence-electron chi connectivity index (χ0n) is 16.6. The molecule has 0 saturated carbocycles. The summed E-state index contributed by atoms with van der Waals surface area (Å²) in [5, 5.41) is 14.5. The fraction of sp³-hybridized carbons (Fsp3) is 0.182. The number of anilines is 1. The predicted octanol–water partition coefficient (Wildman–Crippen LogP) is 4.27. The first-order chi connectivity index (χ1) is 14.6. The number of ether oxygens (including phenoxy) is 1. The van der Waals surface area contributed by atoms with Crippen molar-refractivity contribution in [2.75, 3.05) is 11.9 Å². The largest absolute Gasteiger partial charge is 0.494 e. The van der Waals surface area contributed by atoms with E-state index in [0.717, 1.165) is 16.9 Å². The molecule has 0 unspecified atom stereocenters. The van der Waals surface area contributed by atoms with Crippen LogP contribution in [0.25, 0.3) is 11.3 Å². The molecule has 0 bridgehead atoms. The zero-order chi connectivity index (χ0) is 20.9. The van der Waals surface area contributed by atoms with Crippen LogP contribution in [-0.4, -0.2) is 27.9 Å². The van der Waals surface area contributed by atoms with Gasteiger partial charge in [0.1, 0.15) is 5.75 Å². The normalized spacial score (nSPS) is 10.7. The molecule has 152 valence electrons. The summed E-state index contributed by atoms with van der Waals surface area (Å²) in [5.74, 6) is 2.01. The topological polar surface area (TPSA) is 103 Å². The predicted molar refractivity (Wildman–Crippen MR) is 109 cm³/mol. The zero-order valence-corrected chi connectivity index (χ0v) is 16.6. The van der Waals surface area contributed by atoms with Crippen molar-refractivity contribution in [1.82, 2.24) is 15.4 Å². The van der Waals surface area contributed by atoms with Crippen LogP contribution in [0, 0.1) is 6.92 Å². The van der Waals surface area contributed by atoms with E-state index in [4.69, 9.17) is 13.7 Å². The molecular weight excluding hydrogens is 384 g/mol. The molecule has 1 amide bonds. The van der Waals surface area contributed by atoms with E-state index in [2.05, 4.69) is 20.7 Å². The standard InChI is InChI=1S/C22H20N4O4/c1-3-28-18-10-6-16(7-11-18)20-13-19(26-30-20)22(27)23-17-8-4-15(5-9-17)12-21-25-24-14(2)29-21/h4-11,13H,3,12H2,1-2H3,(H,23,27). The average molecular weight is 404 g/mol. The number of carbonyl (C=O) groups excluding carboxylic acids is 1. The molecule has 0 saturated heterocycles. The third kappa shape index (κ3) is 4.54. The van der Waals surface area contributed by atoms with Crippen molar-refractivity contribution in [3.8, 4) is 17.1 Å². The molecule has 0 aliphatic heterocycles. The second-order valence-corrected chi connectivity index (χ2v) is 6.58. The highest BCUT2D eigenvalue weighted by Crippen LogP contribution is 2.24. The molecule has 0 radical (unpaired) electrons. The van der Waals surface area contributed by atoms with Gasteiger partial charge in [0.15, 0.2) is 11.5 Å². The summed E-state index contributed by atoms with van der Waals surface area (Å²) in [5.41, 5.74) is 2.65. The number of carbonyl (C=O) groups is 1. The molecule has 0 aliphatic carbocycles. The van der Waals surface area contributed by atoms with Crippen LogP contribution < -0.4 is 10.1 Å². The van der Waals surface area contributed by atoms with E-state index in [1.54, 1.807) is 13.0 Å². The highest BCUT2D eigenvalue weighted by molar-refractivity contribution is 6.03. The van der Waals surface area contributed by atoms with Crippen molar-refractivity contribution >= 4 is 11.6 Å². The summed E-state index contributed by atoms with van der Waals surface area (Å²) >= 11 is 0. The maximum absolute atomic E-state index is 12.5. The van der Waals surface area contributed by atoms with Gasteiger partial charge in [-0.15, -0.1) is 10.2 Å². The minimum absolute atomic E-state index is 0.198. The van der Waals surface area contributed by atoms with Gasteiger partial charge >= 0.3 is 0 Å². The Morgan fingerprint density at radius 1 is 1.07 bits per heavy atom. The first-order valence-electron chi connectivity index (χ1n) is 9.50. The molecule has 2 heterocycles. The highest BCUT2D eigenvalue weighted by Gasteiger charge is 2.14. The van der Waals surface area contributed by atoms with Crippen LogP contribution >= 0.6 is 0 Å². The average Bonchev–Trinajstić information content (AvgIpc) is 3.40. The van der Waals surface area contributed by atoms with Crippen molar-refractivity contribution in [3.63, 3.8) is 0 Å². The van der Waals surface area contributed by atoms with E-state index in [9.17, 15) is 4.79 Å². The van der Waals surface area contributed by atoms with Crippen LogP contribution in [-0.2, 0) is 6.42 Å². The molecule has 8 nitrogen and oxygen atoms in total. The lowest BCUT2D eigenvalue weighted by Crippen LogP contribution is -2.12. The van der Waals surface area contributed by atoms with Crippen molar-refractivity contribution < 1.29 is 18.5 Å². The second-order valence-electron chi connectivity index (χ2n) is 6.58. The monoisotopic (exact) mass is 404 g/mol. The molecule has 1 N–H and O–H groups in total. The van der Waals surface area contributed by atoms with E-state index in [1.165, 1.54) is 0 Å². The minimum atomic E-state index is -0.351. The number of aryl methyl sites for hydroxylation is 1. The van der Waals surface area contributed by atoms with Gasteiger partial charge in [-0.3, -0.25) is 4.79 Å². The molecule has 30 heavy (non-hydrogen) atoms. The molecule has 2 aromatic carbocycles. The van der Waals surface area contributed by atoms with E-state index < -0.39 is 0 Å². The number of benzene rings is 2. The summed E-state index contributed by atoms with van der Waals surface area (Å²) in [6, 6.07) is 16.4. The van der Waals surface area contributed by atoms with Gasteiger partial charge in [-0.1, -0.05) is 17.3 Å². The van der Waals surface area contributed by atoms with Gasteiger partial charge in [0, 0.05) is 24.2 Å². The van der Waals surface area contributed by atoms with Gasteiger partial charge < -0.3 is 19.0 Å². The number of amides is 1. The number of hydrogen-bond donors (Lipinski definition) is 1. The van der Waals surface area contributed by atoms with E-state index in [1.807, 2.05) is 55.5 Å². The van der Waals surface area contributed by atoms with Crippen molar-refractivity contribution in [3.05, 3.63) is 77.6 Å². The van der Waals surface area contributed by atoms with E-state index in [-0.39, 0.29) is 11.6 Å². The Morgan fingerprint density at radius 2 is 1.83 bits per heavy atom. The van der Waals surface area contributed by atoms with Crippen molar-refractivity contribution in [2.24, 2.45) is 0 Å². The molecule has 4 aromatic rings. The lowest BCUT2D eigenvalue weighted by atomic mass is 10.1. The van der Waals surface area contributed by atoms with Crippen LogP contribution in [0.1, 0.15) is 34.8 Å². The van der Waals surface area contributed by atoms with Crippen LogP contribution in [0.2, 0.25) is 0 Å². The maximum Gasteiger partial charge on any atom is 0.277 e. The van der Waals surface area contributed by atoms with Crippen LogP contribution in [0.3, 0.4) is 0 Å². The highest BCUT2D eigenvalue weighted by atomic mass is 16.5. The van der Waals surface area contributed by atoms with Crippen LogP contribution in [0.4, 0.5) is 5.69 Å². The molecule has 0 atom stereocenters. The lowest BCUT2D eigenvalue weighted by molar-refractivity contribution is 0.101. The fourth-order valence-electron chi connectivity index (χ4n) is 2.88. The summed E-state index contributed by atoms with van der Waals surface area (Å²) < 4.78 is 16.1. The Kier molecular flexibility index (Phi) is 5.56. The first-order valence-corrected chi connectivity index (χ1v) is 9.50. The van der Waals surface area contributed by atoms with Crippen molar-refractivity contribution in [2.45, 2.75) is 20.3 Å².